The molecule has 0 aromatic carbocycles. The molecule has 0 aromatic heterocycles. The van der Waals surface area contributed by atoms with Crippen LogP contribution in [-0.2, 0) is 0 Å². The van der Waals surface area contributed by atoms with Gasteiger partial charge in [-0.25, -0.2) is 0 Å². The monoisotopic (exact) mass is 221 g/mol. The Bertz CT molecular complexity index is 592. The first-order chi connectivity index (χ1) is 8.32. The second kappa shape index (κ2) is 1.33. The van der Waals surface area contributed by atoms with Crippen LogP contribution in [0.4, 0.5) is 0 Å². The van der Waals surface area contributed by atoms with Crippen molar-refractivity contribution >= 4 is 0 Å². The Morgan fingerprint density at radius 1 is 0.882 bits per heavy atom. The van der Waals surface area contributed by atoms with E-state index in [-0.39, 0.29) is 5.41 Å². The van der Waals surface area contributed by atoms with Crippen molar-refractivity contribution in [2.24, 2.45) is 63.1 Å². The van der Waals surface area contributed by atoms with Gasteiger partial charge in [0, 0.05) is 5.41 Å². The van der Waals surface area contributed by atoms with Gasteiger partial charge in [0.1, 0.15) is 0 Å². The summed E-state index contributed by atoms with van der Waals surface area (Å²) >= 11 is 0. The van der Waals surface area contributed by atoms with E-state index < -0.39 is 0 Å². The average Bonchev–Trinajstić information content (AvgIpc) is 2.22. The first kappa shape index (κ1) is 7.17. The van der Waals surface area contributed by atoms with Gasteiger partial charge in [0.25, 0.3) is 0 Å². The van der Waals surface area contributed by atoms with Crippen molar-refractivity contribution in [1.29, 1.82) is 5.26 Å². The largest absolute Gasteiger partial charge is 0.198 e. The lowest BCUT2D eigenvalue weighted by Gasteiger charge is -3.18. The molecule has 0 bridgehead atoms. The summed E-state index contributed by atoms with van der Waals surface area (Å²) in [5, 5.41) is 9.64. The topological polar surface area (TPSA) is 23.8 Å². The van der Waals surface area contributed by atoms with E-state index in [1.54, 1.807) is 12.8 Å². The normalized spacial score (nSPS) is 95.6. The molecule has 84 valence electrons. The Balaban J connectivity index is 1.47. The first-order valence-corrected chi connectivity index (χ1v) is 7.73. The van der Waals surface area contributed by atoms with Crippen molar-refractivity contribution in [3.05, 3.63) is 0 Å². The number of fused-ring (bicyclic) bond motifs is 4. The fourth-order valence-electron chi connectivity index (χ4n) is 11.3. The lowest BCUT2D eigenvalue weighted by atomic mass is 8.85. The molecular formula is C16H15N. The Labute approximate surface area is 101 Å². The zero-order valence-electron chi connectivity index (χ0n) is 9.82. The lowest BCUT2D eigenvalue weighted by molar-refractivity contribution is -0.716. The highest BCUT2D eigenvalue weighted by Crippen LogP contribution is 3.19. The van der Waals surface area contributed by atoms with Crippen molar-refractivity contribution in [2.45, 2.75) is 25.7 Å². The molecule has 6 atom stereocenters. The van der Waals surface area contributed by atoms with Crippen LogP contribution in [0, 0.1) is 74.4 Å². The SMILES string of the molecule is N#CC12CC3C4C5CC6CC7C8C(C1)C32C48C657. The van der Waals surface area contributed by atoms with Crippen LogP contribution in [0.2, 0.25) is 0 Å². The van der Waals surface area contributed by atoms with E-state index in [9.17, 15) is 5.26 Å². The third kappa shape index (κ3) is 0.253. The van der Waals surface area contributed by atoms with Gasteiger partial charge in [0.2, 0.25) is 0 Å². The average molecular weight is 221 g/mol. The summed E-state index contributed by atoms with van der Waals surface area (Å²) in [6.45, 7) is 0. The van der Waals surface area contributed by atoms with Gasteiger partial charge >= 0.3 is 0 Å². The maximum atomic E-state index is 9.64. The van der Waals surface area contributed by atoms with Crippen molar-refractivity contribution in [2.75, 3.05) is 0 Å². The number of rotatable bonds is 0. The van der Waals surface area contributed by atoms with E-state index >= 15 is 0 Å². The Morgan fingerprint density at radius 3 is 2.06 bits per heavy atom. The Kier molecular flexibility index (Phi) is 0.560. The van der Waals surface area contributed by atoms with Gasteiger partial charge in [0.05, 0.1) is 11.5 Å². The minimum absolute atomic E-state index is 0.232. The van der Waals surface area contributed by atoms with Crippen LogP contribution in [-0.4, -0.2) is 0 Å². The van der Waals surface area contributed by atoms with Gasteiger partial charge in [-0.1, -0.05) is 0 Å². The molecule has 8 fully saturated rings. The predicted octanol–water partition coefficient (Wildman–Crippen LogP) is 2.44. The summed E-state index contributed by atoms with van der Waals surface area (Å²) in [7, 11) is 0. The molecule has 8 saturated carbocycles. The van der Waals surface area contributed by atoms with Crippen molar-refractivity contribution in [3.8, 4) is 6.07 Å². The number of hydrogen-bond donors (Lipinski definition) is 0. The molecule has 3 spiro atoms. The molecule has 0 heterocycles. The highest BCUT2D eigenvalue weighted by Gasteiger charge is 3.16. The lowest BCUT2D eigenvalue weighted by Crippen LogP contribution is -3.15. The Morgan fingerprint density at radius 2 is 1.53 bits per heavy atom. The zero-order valence-corrected chi connectivity index (χ0v) is 9.82. The molecule has 8 rings (SSSR count). The molecule has 17 heavy (non-hydrogen) atoms. The minimum atomic E-state index is 0.232. The van der Waals surface area contributed by atoms with E-state index in [0.29, 0.717) is 5.41 Å². The molecule has 0 saturated heterocycles. The van der Waals surface area contributed by atoms with Gasteiger partial charge in [-0.2, -0.15) is 5.26 Å². The van der Waals surface area contributed by atoms with Crippen LogP contribution in [0.15, 0.2) is 0 Å². The van der Waals surface area contributed by atoms with Gasteiger partial charge in [-0.3, -0.25) is 0 Å². The van der Waals surface area contributed by atoms with Gasteiger partial charge in [0.15, 0.2) is 0 Å². The number of nitriles is 1. The van der Waals surface area contributed by atoms with E-state index in [1.165, 1.54) is 24.7 Å². The van der Waals surface area contributed by atoms with Gasteiger partial charge < -0.3 is 0 Å². The van der Waals surface area contributed by atoms with E-state index in [4.69, 9.17) is 0 Å². The zero-order chi connectivity index (χ0) is 10.6. The highest BCUT2D eigenvalue weighted by atomic mass is 15.2. The molecule has 0 N–H and O–H groups in total. The molecule has 8 aliphatic carbocycles. The van der Waals surface area contributed by atoms with Crippen LogP contribution in [0.1, 0.15) is 25.7 Å². The molecule has 8 aliphatic rings. The standard InChI is InChI=1S/C16H15N/c17-5-13-3-9-11-7-1-6-2-8-12-10(4-13)15(9,13)16(11,12)14(6,7)8/h6-12H,1-4H2. The molecule has 0 radical (unpaired) electrons. The maximum Gasteiger partial charge on any atom is 0.0696 e. The smallest absolute Gasteiger partial charge is 0.0696 e. The molecule has 0 aromatic rings. The van der Waals surface area contributed by atoms with Crippen LogP contribution in [0.3, 0.4) is 0 Å². The summed E-state index contributed by atoms with van der Waals surface area (Å²) in [5.41, 5.74) is 2.63. The molecular weight excluding hydrogens is 206 g/mol. The quantitative estimate of drug-likeness (QED) is 0.616. The number of nitrogens with zero attached hydrogens (tertiary/aromatic N) is 1. The summed E-state index contributed by atoms with van der Waals surface area (Å²) < 4.78 is 0. The van der Waals surface area contributed by atoms with Crippen molar-refractivity contribution in [1.82, 2.24) is 0 Å². The van der Waals surface area contributed by atoms with E-state index in [0.717, 1.165) is 40.4 Å². The van der Waals surface area contributed by atoms with Crippen molar-refractivity contribution in [3.63, 3.8) is 0 Å². The maximum absolute atomic E-state index is 9.64. The van der Waals surface area contributed by atoms with Crippen LogP contribution in [0.25, 0.3) is 0 Å². The van der Waals surface area contributed by atoms with Gasteiger partial charge in [-0.15, -0.1) is 0 Å². The Hall–Kier alpha value is -0.510. The van der Waals surface area contributed by atoms with Crippen LogP contribution >= 0.6 is 0 Å². The molecule has 0 aliphatic heterocycles. The van der Waals surface area contributed by atoms with Crippen LogP contribution < -0.4 is 0 Å². The second-order valence-corrected chi connectivity index (χ2v) is 8.92. The third-order valence-electron chi connectivity index (χ3n) is 10.5. The second-order valence-electron chi connectivity index (χ2n) is 8.92. The summed E-state index contributed by atoms with van der Waals surface area (Å²) in [6, 6.07) is 2.80. The third-order valence-corrected chi connectivity index (χ3v) is 10.5. The summed E-state index contributed by atoms with van der Waals surface area (Å²) in [4.78, 5) is 0. The summed E-state index contributed by atoms with van der Waals surface area (Å²) in [5.74, 6) is 7.91. The van der Waals surface area contributed by atoms with E-state index in [1.807, 2.05) is 0 Å². The first-order valence-electron chi connectivity index (χ1n) is 7.73. The fraction of sp³-hybridized carbons (Fsp3) is 0.938. The van der Waals surface area contributed by atoms with Gasteiger partial charge in [-0.05, 0) is 77.9 Å². The van der Waals surface area contributed by atoms with E-state index in [2.05, 4.69) is 6.07 Å². The molecule has 1 nitrogen and oxygen atoms in total. The number of hydrogen-bond acceptors (Lipinski definition) is 1. The van der Waals surface area contributed by atoms with Crippen molar-refractivity contribution < 1.29 is 0 Å². The fourth-order valence-corrected chi connectivity index (χ4v) is 11.3. The molecule has 0 amide bonds. The molecule has 1 heteroatoms. The highest BCUT2D eigenvalue weighted by molar-refractivity contribution is 5.63. The summed E-state index contributed by atoms with van der Waals surface area (Å²) in [6.07, 6.45) is 5.85. The predicted molar refractivity (Wildman–Crippen MR) is 58.2 cm³/mol. The van der Waals surface area contributed by atoms with Crippen LogP contribution in [0.5, 0.6) is 0 Å². The molecule has 6 unspecified atom stereocenters. The minimum Gasteiger partial charge on any atom is -0.198 e.